The van der Waals surface area contributed by atoms with E-state index in [1.54, 1.807) is 6.20 Å². The van der Waals surface area contributed by atoms with E-state index in [1.165, 1.54) is 11.1 Å². The summed E-state index contributed by atoms with van der Waals surface area (Å²) in [5.41, 5.74) is 14.3. The fraction of sp³-hybridized carbons (Fsp3) is 0.0577. The van der Waals surface area contributed by atoms with Crippen LogP contribution in [0.4, 0.5) is 0 Å². The Bertz CT molecular complexity index is 3020. The highest BCUT2D eigenvalue weighted by Gasteiger charge is 2.37. The molecule has 0 saturated carbocycles. The number of aromatic nitrogens is 4. The van der Waals surface area contributed by atoms with E-state index in [4.69, 9.17) is 15.0 Å². The third-order valence-electron chi connectivity index (χ3n) is 11.2. The Labute approximate surface area is 331 Å². The fourth-order valence-electron chi connectivity index (χ4n) is 8.38. The van der Waals surface area contributed by atoms with Crippen molar-refractivity contribution in [2.45, 2.75) is 19.3 Å². The van der Waals surface area contributed by atoms with Crippen LogP contribution in [0.15, 0.2) is 176 Å². The maximum Gasteiger partial charge on any atom is 0.164 e. The summed E-state index contributed by atoms with van der Waals surface area (Å²) in [5, 5.41) is 12.2. The molecule has 0 radical (unpaired) electrons. The van der Waals surface area contributed by atoms with Gasteiger partial charge in [-0.05, 0) is 97.2 Å². The van der Waals surface area contributed by atoms with Crippen LogP contribution in [-0.4, -0.2) is 19.9 Å². The lowest BCUT2D eigenvalue weighted by Gasteiger charge is -2.24. The Morgan fingerprint density at radius 2 is 0.965 bits per heavy atom. The van der Waals surface area contributed by atoms with Gasteiger partial charge in [-0.15, -0.1) is 0 Å². The summed E-state index contributed by atoms with van der Waals surface area (Å²) in [6.45, 7) is 4.59. The largest absolute Gasteiger partial charge is 0.264 e. The Balaban J connectivity index is 1.14. The molecule has 57 heavy (non-hydrogen) atoms. The van der Waals surface area contributed by atoms with Crippen molar-refractivity contribution in [1.29, 1.82) is 5.26 Å². The molecule has 10 rings (SSSR count). The van der Waals surface area contributed by atoms with Crippen LogP contribution < -0.4 is 0 Å². The van der Waals surface area contributed by atoms with Gasteiger partial charge in [0.1, 0.15) is 0 Å². The molecule has 2 aromatic heterocycles. The molecule has 7 aromatic carbocycles. The Hall–Kier alpha value is -7.55. The minimum atomic E-state index is -0.290. The number of benzene rings is 7. The Kier molecular flexibility index (Phi) is 8.13. The Morgan fingerprint density at radius 1 is 0.439 bits per heavy atom. The molecular weight excluding hydrogens is 695 g/mol. The molecule has 0 fully saturated rings. The van der Waals surface area contributed by atoms with Gasteiger partial charge >= 0.3 is 0 Å². The number of hydrogen-bond donors (Lipinski definition) is 0. The Morgan fingerprint density at radius 3 is 1.63 bits per heavy atom. The van der Waals surface area contributed by atoms with Gasteiger partial charge in [-0.3, -0.25) is 4.98 Å². The average molecular weight is 730 g/mol. The monoisotopic (exact) mass is 729 g/mol. The van der Waals surface area contributed by atoms with Crippen LogP contribution in [0.3, 0.4) is 0 Å². The molecule has 0 unspecified atom stereocenters. The molecule has 5 heteroatoms. The van der Waals surface area contributed by atoms with Crippen molar-refractivity contribution in [2.75, 3.05) is 0 Å². The smallest absolute Gasteiger partial charge is 0.164 e. The minimum Gasteiger partial charge on any atom is -0.264 e. The number of pyridine rings is 1. The summed E-state index contributed by atoms with van der Waals surface area (Å²) in [7, 11) is 0. The van der Waals surface area contributed by atoms with Crippen LogP contribution in [0.5, 0.6) is 0 Å². The fourth-order valence-corrected chi connectivity index (χ4v) is 8.38. The molecule has 5 nitrogen and oxygen atoms in total. The van der Waals surface area contributed by atoms with Gasteiger partial charge in [-0.25, -0.2) is 15.0 Å². The predicted octanol–water partition coefficient (Wildman–Crippen LogP) is 12.6. The molecule has 0 amide bonds. The van der Waals surface area contributed by atoms with Crippen molar-refractivity contribution in [3.63, 3.8) is 0 Å². The van der Waals surface area contributed by atoms with Crippen LogP contribution in [0.2, 0.25) is 0 Å². The van der Waals surface area contributed by atoms with Crippen LogP contribution in [-0.2, 0) is 5.41 Å². The standard InChI is InChI=1S/C52H35N5/c1-52(2)47-30-37(23-24-44(47)46-29-42(31-53)43-17-9-10-18-45(43)48(46)52)39-26-40(38-16-11-25-54-32-38)28-41(27-39)51-56-49(35-14-7-4-8-15-35)55-50(57-51)36-21-19-34(20-22-36)33-12-5-3-6-13-33/h3-30,32H,1-2H3. The molecule has 0 atom stereocenters. The van der Waals surface area contributed by atoms with Crippen molar-refractivity contribution < 1.29 is 0 Å². The zero-order chi connectivity index (χ0) is 38.5. The minimum absolute atomic E-state index is 0.290. The SMILES string of the molecule is CC1(C)c2cc(-c3cc(-c4cccnc4)cc(-c4nc(-c5ccccc5)nc(-c5ccc(-c6ccccc6)cc5)n4)c3)ccc2-c2cc(C#N)c3ccccc3c21. The molecule has 2 heterocycles. The van der Waals surface area contributed by atoms with E-state index >= 15 is 0 Å². The van der Waals surface area contributed by atoms with Crippen LogP contribution in [0.25, 0.3) is 89.4 Å². The summed E-state index contributed by atoms with van der Waals surface area (Å²) in [4.78, 5) is 19.8. The molecular formula is C52H35N5. The topological polar surface area (TPSA) is 75.3 Å². The molecule has 1 aliphatic rings. The quantitative estimate of drug-likeness (QED) is 0.170. The second-order valence-electron chi connectivity index (χ2n) is 15.0. The average Bonchev–Trinajstić information content (AvgIpc) is 3.51. The van der Waals surface area contributed by atoms with Crippen molar-refractivity contribution in [1.82, 2.24) is 19.9 Å². The summed E-state index contributed by atoms with van der Waals surface area (Å²) < 4.78 is 0. The number of hydrogen-bond acceptors (Lipinski definition) is 5. The summed E-state index contributed by atoms with van der Waals surface area (Å²) in [6.07, 6.45) is 3.69. The van der Waals surface area contributed by atoms with E-state index in [-0.39, 0.29) is 5.41 Å². The van der Waals surface area contributed by atoms with E-state index in [2.05, 4.69) is 140 Å². The van der Waals surface area contributed by atoms with E-state index in [0.29, 0.717) is 23.0 Å². The highest BCUT2D eigenvalue weighted by Crippen LogP contribution is 2.53. The van der Waals surface area contributed by atoms with E-state index in [0.717, 1.165) is 72.0 Å². The molecule has 0 N–H and O–H groups in total. The van der Waals surface area contributed by atoms with Crippen molar-refractivity contribution in [3.05, 3.63) is 193 Å². The first-order valence-electron chi connectivity index (χ1n) is 19.1. The second-order valence-corrected chi connectivity index (χ2v) is 15.0. The first-order chi connectivity index (χ1) is 27.9. The van der Waals surface area contributed by atoms with Gasteiger partial charge in [0.05, 0.1) is 11.6 Å². The van der Waals surface area contributed by atoms with Gasteiger partial charge in [0.25, 0.3) is 0 Å². The van der Waals surface area contributed by atoms with E-state index < -0.39 is 0 Å². The van der Waals surface area contributed by atoms with Crippen LogP contribution in [0.1, 0.15) is 30.5 Å². The van der Waals surface area contributed by atoms with Crippen molar-refractivity contribution in [2.24, 2.45) is 0 Å². The number of nitrogens with zero attached hydrogens (tertiary/aromatic N) is 5. The molecule has 0 saturated heterocycles. The summed E-state index contributed by atoms with van der Waals surface area (Å²) >= 11 is 0. The van der Waals surface area contributed by atoms with E-state index in [9.17, 15) is 5.26 Å². The molecule has 9 aromatic rings. The van der Waals surface area contributed by atoms with Gasteiger partial charge in [-0.2, -0.15) is 5.26 Å². The molecule has 1 aliphatic carbocycles. The maximum atomic E-state index is 10.1. The number of nitriles is 1. The van der Waals surface area contributed by atoms with E-state index in [1.807, 2.05) is 54.7 Å². The van der Waals surface area contributed by atoms with Crippen molar-refractivity contribution >= 4 is 10.8 Å². The van der Waals surface area contributed by atoms with Crippen LogP contribution >= 0.6 is 0 Å². The zero-order valence-electron chi connectivity index (χ0n) is 31.5. The van der Waals surface area contributed by atoms with Crippen molar-refractivity contribution in [3.8, 4) is 84.7 Å². The summed E-state index contributed by atoms with van der Waals surface area (Å²) in [5.74, 6) is 1.80. The first kappa shape index (κ1) is 34.0. The van der Waals surface area contributed by atoms with Gasteiger partial charge in [0.2, 0.25) is 0 Å². The second kappa shape index (κ2) is 13.6. The molecule has 268 valence electrons. The summed E-state index contributed by atoms with van der Waals surface area (Å²) in [6, 6.07) is 59.0. The third kappa shape index (κ3) is 5.96. The highest BCUT2D eigenvalue weighted by atomic mass is 15.0. The van der Waals surface area contributed by atoms with Gasteiger partial charge in [0.15, 0.2) is 17.5 Å². The maximum absolute atomic E-state index is 10.1. The lowest BCUT2D eigenvalue weighted by molar-refractivity contribution is 0.666. The lowest BCUT2D eigenvalue weighted by atomic mass is 9.79. The molecule has 0 spiro atoms. The highest BCUT2D eigenvalue weighted by molar-refractivity contribution is 6.01. The lowest BCUT2D eigenvalue weighted by Crippen LogP contribution is -2.15. The third-order valence-corrected chi connectivity index (χ3v) is 11.2. The predicted molar refractivity (Wildman–Crippen MR) is 230 cm³/mol. The van der Waals surface area contributed by atoms with Gasteiger partial charge < -0.3 is 0 Å². The van der Waals surface area contributed by atoms with Crippen LogP contribution in [0, 0.1) is 11.3 Å². The normalized spacial score (nSPS) is 12.5. The molecule has 0 bridgehead atoms. The van der Waals surface area contributed by atoms with Gasteiger partial charge in [-0.1, -0.05) is 141 Å². The number of rotatable bonds is 6. The number of fused-ring (bicyclic) bond motifs is 5. The van der Waals surface area contributed by atoms with Gasteiger partial charge in [0, 0.05) is 40.1 Å². The first-order valence-corrected chi connectivity index (χ1v) is 19.1. The molecule has 0 aliphatic heterocycles. The zero-order valence-corrected chi connectivity index (χ0v) is 31.5.